The van der Waals surface area contributed by atoms with Crippen LogP contribution in [0.15, 0.2) is 0 Å². The Kier molecular flexibility index (Phi) is 3.40. The average molecular weight is 197 g/mol. The molecule has 2 aliphatic rings. The molecule has 14 heavy (non-hydrogen) atoms. The van der Waals surface area contributed by atoms with Gasteiger partial charge in [0.2, 0.25) is 0 Å². The molecule has 0 aliphatic carbocycles. The zero-order chi connectivity index (χ0) is 9.80. The minimum Gasteiger partial charge on any atom is -0.464 e. The molecule has 80 valence electrons. The molecule has 0 aromatic carbocycles. The van der Waals surface area contributed by atoms with E-state index in [1.54, 1.807) is 0 Å². The number of ether oxygens (including phenoxy) is 1. The zero-order valence-electron chi connectivity index (χ0n) is 8.71. The highest BCUT2D eigenvalue weighted by molar-refractivity contribution is 5.77. The van der Waals surface area contributed by atoms with Gasteiger partial charge in [-0.15, -0.1) is 0 Å². The van der Waals surface area contributed by atoms with Crippen molar-refractivity contribution in [2.24, 2.45) is 0 Å². The summed E-state index contributed by atoms with van der Waals surface area (Å²) in [4.78, 5) is 13.7. The first-order valence-corrected chi connectivity index (χ1v) is 5.78. The van der Waals surface area contributed by atoms with E-state index in [1.807, 2.05) is 0 Å². The van der Waals surface area contributed by atoms with Crippen LogP contribution < -0.4 is 0 Å². The summed E-state index contributed by atoms with van der Waals surface area (Å²) in [6, 6.07) is 0.0769. The largest absolute Gasteiger partial charge is 0.464 e. The predicted octanol–water partition coefficient (Wildman–Crippen LogP) is 1.57. The Hall–Kier alpha value is -0.570. The summed E-state index contributed by atoms with van der Waals surface area (Å²) in [5.74, 6) is 0.00516. The molecule has 0 aromatic rings. The van der Waals surface area contributed by atoms with Crippen LogP contribution in [0.5, 0.6) is 0 Å². The molecule has 3 heteroatoms. The number of rotatable bonds is 1. The lowest BCUT2D eigenvalue weighted by Gasteiger charge is -2.27. The van der Waals surface area contributed by atoms with Crippen molar-refractivity contribution in [1.82, 2.24) is 4.90 Å². The SMILES string of the molecule is O=C1OCC[C@@H]1N1CCCCCCC1. The summed E-state index contributed by atoms with van der Waals surface area (Å²) in [6.07, 6.45) is 7.38. The third-order valence-corrected chi connectivity index (χ3v) is 3.24. The molecule has 0 amide bonds. The van der Waals surface area contributed by atoms with E-state index >= 15 is 0 Å². The standard InChI is InChI=1S/C11H19NO2/c13-11-10(6-9-14-11)12-7-4-2-1-3-5-8-12/h10H,1-9H2/t10-/m0/s1. The summed E-state index contributed by atoms with van der Waals surface area (Å²) >= 11 is 0. The van der Waals surface area contributed by atoms with Gasteiger partial charge in [0.1, 0.15) is 6.04 Å². The molecule has 0 saturated carbocycles. The fraction of sp³-hybridized carbons (Fsp3) is 0.909. The predicted molar refractivity (Wildman–Crippen MR) is 54.0 cm³/mol. The van der Waals surface area contributed by atoms with E-state index in [2.05, 4.69) is 4.90 Å². The van der Waals surface area contributed by atoms with Crippen molar-refractivity contribution in [3.63, 3.8) is 0 Å². The number of nitrogens with zero attached hydrogens (tertiary/aromatic N) is 1. The second-order valence-corrected chi connectivity index (χ2v) is 4.28. The maximum absolute atomic E-state index is 11.4. The van der Waals surface area contributed by atoms with Crippen LogP contribution in [0.2, 0.25) is 0 Å². The fourth-order valence-corrected chi connectivity index (χ4v) is 2.40. The van der Waals surface area contributed by atoms with Crippen LogP contribution in [-0.4, -0.2) is 36.6 Å². The van der Waals surface area contributed by atoms with Gasteiger partial charge < -0.3 is 4.74 Å². The Morgan fingerprint density at radius 1 is 1.07 bits per heavy atom. The van der Waals surface area contributed by atoms with Gasteiger partial charge in [0, 0.05) is 6.42 Å². The summed E-state index contributed by atoms with van der Waals surface area (Å²) in [6.45, 7) is 2.79. The molecule has 1 atom stereocenters. The Balaban J connectivity index is 1.90. The number of carbonyl (C=O) groups excluding carboxylic acids is 1. The second kappa shape index (κ2) is 4.78. The van der Waals surface area contributed by atoms with E-state index in [1.165, 1.54) is 32.1 Å². The van der Waals surface area contributed by atoms with Gasteiger partial charge in [0.15, 0.2) is 0 Å². The van der Waals surface area contributed by atoms with Crippen LogP contribution >= 0.6 is 0 Å². The first kappa shape index (κ1) is 9.97. The van der Waals surface area contributed by atoms with E-state index in [0.717, 1.165) is 19.5 Å². The van der Waals surface area contributed by atoms with Crippen molar-refractivity contribution in [2.75, 3.05) is 19.7 Å². The number of likely N-dealkylation sites (tertiary alicyclic amines) is 1. The van der Waals surface area contributed by atoms with Gasteiger partial charge in [0.05, 0.1) is 6.61 Å². The minimum atomic E-state index is 0.00516. The summed E-state index contributed by atoms with van der Waals surface area (Å²) in [7, 11) is 0. The normalized spacial score (nSPS) is 30.9. The molecular formula is C11H19NO2. The van der Waals surface area contributed by atoms with Gasteiger partial charge in [-0.05, 0) is 25.9 Å². The van der Waals surface area contributed by atoms with Crippen LogP contribution in [0.1, 0.15) is 38.5 Å². The van der Waals surface area contributed by atoms with Crippen LogP contribution in [0, 0.1) is 0 Å². The minimum absolute atomic E-state index is 0.00516. The van der Waals surface area contributed by atoms with Crippen LogP contribution in [-0.2, 0) is 9.53 Å². The van der Waals surface area contributed by atoms with Gasteiger partial charge in [-0.2, -0.15) is 0 Å². The van der Waals surface area contributed by atoms with Crippen molar-refractivity contribution in [2.45, 2.75) is 44.6 Å². The van der Waals surface area contributed by atoms with E-state index in [9.17, 15) is 4.79 Å². The Morgan fingerprint density at radius 3 is 2.29 bits per heavy atom. The number of carbonyl (C=O) groups is 1. The maximum Gasteiger partial charge on any atom is 0.323 e. The van der Waals surface area contributed by atoms with Crippen molar-refractivity contribution >= 4 is 5.97 Å². The highest BCUT2D eigenvalue weighted by atomic mass is 16.5. The monoisotopic (exact) mass is 197 g/mol. The molecule has 2 saturated heterocycles. The first-order valence-electron chi connectivity index (χ1n) is 5.78. The Bertz CT molecular complexity index is 197. The molecule has 0 spiro atoms. The number of hydrogen-bond acceptors (Lipinski definition) is 3. The highest BCUT2D eigenvalue weighted by Crippen LogP contribution is 2.18. The zero-order valence-corrected chi connectivity index (χ0v) is 8.71. The van der Waals surface area contributed by atoms with Gasteiger partial charge >= 0.3 is 5.97 Å². The second-order valence-electron chi connectivity index (χ2n) is 4.28. The highest BCUT2D eigenvalue weighted by Gasteiger charge is 2.31. The molecule has 0 radical (unpaired) electrons. The van der Waals surface area contributed by atoms with Crippen molar-refractivity contribution in [3.8, 4) is 0 Å². The maximum atomic E-state index is 11.4. The lowest BCUT2D eigenvalue weighted by atomic mass is 10.1. The van der Waals surface area contributed by atoms with Crippen molar-refractivity contribution < 1.29 is 9.53 Å². The van der Waals surface area contributed by atoms with Gasteiger partial charge in [0.25, 0.3) is 0 Å². The summed E-state index contributed by atoms with van der Waals surface area (Å²) < 4.78 is 5.01. The van der Waals surface area contributed by atoms with E-state index in [4.69, 9.17) is 4.74 Å². The quantitative estimate of drug-likeness (QED) is 0.598. The number of cyclic esters (lactones) is 1. The number of hydrogen-bond donors (Lipinski definition) is 0. The summed E-state index contributed by atoms with van der Waals surface area (Å²) in [5, 5.41) is 0. The lowest BCUT2D eigenvalue weighted by molar-refractivity contribution is -0.142. The smallest absolute Gasteiger partial charge is 0.323 e. The molecule has 2 aliphatic heterocycles. The van der Waals surface area contributed by atoms with Gasteiger partial charge in [-0.25, -0.2) is 0 Å². The molecule has 0 unspecified atom stereocenters. The molecule has 0 N–H and O–H groups in total. The lowest BCUT2D eigenvalue weighted by Crippen LogP contribution is -2.40. The molecule has 2 heterocycles. The molecule has 3 nitrogen and oxygen atoms in total. The van der Waals surface area contributed by atoms with Gasteiger partial charge in [-0.3, -0.25) is 9.69 Å². The fourth-order valence-electron chi connectivity index (χ4n) is 2.40. The van der Waals surface area contributed by atoms with E-state index in [0.29, 0.717) is 6.61 Å². The molecule has 0 bridgehead atoms. The topological polar surface area (TPSA) is 29.5 Å². The van der Waals surface area contributed by atoms with E-state index in [-0.39, 0.29) is 12.0 Å². The number of esters is 1. The Labute approximate surface area is 85.4 Å². The Morgan fingerprint density at radius 2 is 1.71 bits per heavy atom. The molecule has 2 fully saturated rings. The van der Waals surface area contributed by atoms with E-state index < -0.39 is 0 Å². The molecular weight excluding hydrogens is 178 g/mol. The van der Waals surface area contributed by atoms with Crippen LogP contribution in [0.25, 0.3) is 0 Å². The molecule has 2 rings (SSSR count). The summed E-state index contributed by atoms with van der Waals surface area (Å²) in [5.41, 5.74) is 0. The van der Waals surface area contributed by atoms with Crippen LogP contribution in [0.3, 0.4) is 0 Å². The third-order valence-electron chi connectivity index (χ3n) is 3.24. The molecule has 0 aromatic heterocycles. The van der Waals surface area contributed by atoms with Crippen molar-refractivity contribution in [3.05, 3.63) is 0 Å². The average Bonchev–Trinajstić information content (AvgIpc) is 2.51. The third kappa shape index (κ3) is 2.27. The van der Waals surface area contributed by atoms with Crippen LogP contribution in [0.4, 0.5) is 0 Å². The van der Waals surface area contributed by atoms with Crippen molar-refractivity contribution in [1.29, 1.82) is 0 Å². The first-order chi connectivity index (χ1) is 6.88. The van der Waals surface area contributed by atoms with Gasteiger partial charge in [-0.1, -0.05) is 19.3 Å².